The minimum Gasteiger partial charge on any atom is -0.400 e. The summed E-state index contributed by atoms with van der Waals surface area (Å²) in [5, 5.41) is 14.0. The highest BCUT2D eigenvalue weighted by Gasteiger charge is 0.841. The fraction of sp³-hybridized carbons (Fsp3) is 1.00. The van der Waals surface area contributed by atoms with Gasteiger partial charge >= 0.3 is 0 Å². The molecule has 0 aromatic rings. The van der Waals surface area contributed by atoms with Crippen molar-refractivity contribution in [3.05, 3.63) is 0 Å². The quantitative estimate of drug-likeness (QED) is 0.335. The Morgan fingerprint density at radius 2 is 0.800 bits per heavy atom. The van der Waals surface area contributed by atoms with Crippen molar-refractivity contribution in [3.63, 3.8) is 0 Å². The van der Waals surface area contributed by atoms with Crippen molar-refractivity contribution in [2.75, 3.05) is 14.2 Å². The highest BCUT2D eigenvalue weighted by atomic mass is 28.1. The summed E-state index contributed by atoms with van der Waals surface area (Å²) in [5.74, 6) is 0. The van der Waals surface area contributed by atoms with Crippen LogP contribution in [0.5, 0.6) is 0 Å². The lowest BCUT2D eigenvalue weighted by atomic mass is 11.8. The van der Waals surface area contributed by atoms with E-state index in [-0.39, 0.29) is 11.0 Å². The Hall–Kier alpha value is 0.137. The molecule has 0 amide bonds. The molecule has 0 fully saturated rings. The molecule has 0 aromatic carbocycles. The number of aliphatic hydroxyl groups is 2. The van der Waals surface area contributed by atoms with E-state index < -0.39 is 0 Å². The molecule has 5 heavy (non-hydrogen) atoms. The fourth-order valence-corrected chi connectivity index (χ4v) is 0. The average Bonchev–Trinajstić information content (AvgIpc) is 1.50. The monoisotopic (exact) mass is 96.1 g/mol. The van der Waals surface area contributed by atoms with E-state index in [1.807, 2.05) is 0 Å². The summed E-state index contributed by atoms with van der Waals surface area (Å²) in [6, 6.07) is 0. The Bertz CT molecular complexity index is 7.61. The van der Waals surface area contributed by atoms with Gasteiger partial charge in [-0.1, -0.05) is 0 Å². The van der Waals surface area contributed by atoms with Gasteiger partial charge in [0.25, 0.3) is 0 Å². The summed E-state index contributed by atoms with van der Waals surface area (Å²) in [6.45, 7) is 0. The van der Waals surface area contributed by atoms with Gasteiger partial charge < -0.3 is 10.2 Å². The van der Waals surface area contributed by atoms with Gasteiger partial charge in [0, 0.05) is 14.2 Å². The predicted molar refractivity (Wildman–Crippen MR) is 27.6 cm³/mol. The van der Waals surface area contributed by atoms with Crippen molar-refractivity contribution < 1.29 is 10.2 Å². The van der Waals surface area contributed by atoms with Gasteiger partial charge in [0.15, 0.2) is 0 Å². The summed E-state index contributed by atoms with van der Waals surface area (Å²) >= 11 is 0. The summed E-state index contributed by atoms with van der Waals surface area (Å²) < 4.78 is 0. The van der Waals surface area contributed by atoms with Gasteiger partial charge in [-0.2, -0.15) is 0 Å². The molecule has 2 N–H and O–H groups in total. The molecule has 0 unspecified atom stereocenters. The molecule has 0 aliphatic heterocycles. The van der Waals surface area contributed by atoms with E-state index in [1.165, 1.54) is 0 Å². The van der Waals surface area contributed by atoms with Gasteiger partial charge in [-0.05, 0) is 11.0 Å². The van der Waals surface area contributed by atoms with E-state index in [0.717, 1.165) is 14.2 Å². The van der Waals surface area contributed by atoms with Crippen LogP contribution in [0, 0.1) is 0 Å². The highest BCUT2D eigenvalue weighted by molar-refractivity contribution is 5.75. The molecule has 3 heteroatoms. The average molecular weight is 96.2 g/mol. The summed E-state index contributed by atoms with van der Waals surface area (Å²) in [4.78, 5) is 0. The largest absolute Gasteiger partial charge is 0.400 e. The van der Waals surface area contributed by atoms with Crippen LogP contribution in [0.3, 0.4) is 0 Å². The molecule has 0 atom stereocenters. The Balaban J connectivity index is -0.0000000133. The topological polar surface area (TPSA) is 40.5 Å². The molecule has 0 saturated heterocycles. The first-order valence-electron chi connectivity index (χ1n) is 0.894. The predicted octanol–water partition coefficient (Wildman–Crippen LogP) is -2.23. The number of rotatable bonds is 0. The van der Waals surface area contributed by atoms with Crippen molar-refractivity contribution in [2.24, 2.45) is 0 Å². The van der Waals surface area contributed by atoms with Crippen molar-refractivity contribution in [1.29, 1.82) is 0 Å². The van der Waals surface area contributed by atoms with Gasteiger partial charge in [-0.3, -0.25) is 0 Å². The van der Waals surface area contributed by atoms with Crippen LogP contribution in [0.1, 0.15) is 0 Å². The zero-order valence-electron chi connectivity index (χ0n) is 2.89. The lowest BCUT2D eigenvalue weighted by Gasteiger charge is -1.21. The van der Waals surface area contributed by atoms with Crippen molar-refractivity contribution in [3.8, 4) is 0 Å². The van der Waals surface area contributed by atoms with Crippen LogP contribution >= 0.6 is 0 Å². The molecule has 0 rings (SSSR count). The lowest BCUT2D eigenvalue weighted by Crippen LogP contribution is -1.25. The van der Waals surface area contributed by atoms with Crippen LogP contribution in [-0.4, -0.2) is 35.4 Å². The van der Waals surface area contributed by atoms with Crippen molar-refractivity contribution in [1.82, 2.24) is 0 Å². The molecule has 0 radical (unpaired) electrons. The maximum atomic E-state index is 7.00. The summed E-state index contributed by atoms with van der Waals surface area (Å²) in [6.07, 6.45) is 0. The van der Waals surface area contributed by atoms with E-state index in [2.05, 4.69) is 0 Å². The minimum atomic E-state index is 0. The zero-order valence-corrected chi connectivity index (χ0v) is 2.89. The molecule has 0 aliphatic rings. The fourth-order valence-electron chi connectivity index (χ4n) is 0. The summed E-state index contributed by atoms with van der Waals surface area (Å²) in [5.41, 5.74) is 0. The third-order valence-corrected chi connectivity index (χ3v) is 0. The molecule has 0 aliphatic carbocycles. The number of aliphatic hydroxyl groups excluding tert-OH is 2. The van der Waals surface area contributed by atoms with Gasteiger partial charge in [0.1, 0.15) is 0 Å². The Labute approximate surface area is 36.5 Å². The van der Waals surface area contributed by atoms with Crippen LogP contribution in [0.15, 0.2) is 0 Å². The van der Waals surface area contributed by atoms with Gasteiger partial charge in [0.05, 0.1) is 0 Å². The van der Waals surface area contributed by atoms with E-state index in [1.54, 1.807) is 0 Å². The maximum Gasteiger partial charge on any atom is 0.0319 e. The van der Waals surface area contributed by atoms with Crippen LogP contribution < -0.4 is 0 Å². The molecular formula is C2H12O2Si. The zero-order chi connectivity index (χ0) is 4.00. The summed E-state index contributed by atoms with van der Waals surface area (Å²) in [7, 11) is 2.00. The molecule has 36 valence electrons. The van der Waals surface area contributed by atoms with E-state index >= 15 is 0 Å². The second-order valence-electron chi connectivity index (χ2n) is 0. The first kappa shape index (κ1) is 19.3. The Morgan fingerprint density at radius 3 is 0.800 bits per heavy atom. The third-order valence-electron chi connectivity index (χ3n) is 0. The van der Waals surface area contributed by atoms with E-state index in [4.69, 9.17) is 10.2 Å². The highest BCUT2D eigenvalue weighted by Crippen LogP contribution is 0.757. The maximum absolute atomic E-state index is 7.00. The Kier molecular flexibility index (Phi) is 8370. The first-order chi connectivity index (χ1) is 2.00. The van der Waals surface area contributed by atoms with Crippen LogP contribution in [-0.2, 0) is 0 Å². The first-order valence-corrected chi connectivity index (χ1v) is 0.894. The molecule has 2 nitrogen and oxygen atoms in total. The van der Waals surface area contributed by atoms with Gasteiger partial charge in [-0.25, -0.2) is 0 Å². The standard InChI is InChI=1S/2CH4O.H4Si/c2*1-2;/h2*2H,1H3;1H4. The molecule has 0 spiro atoms. The van der Waals surface area contributed by atoms with Gasteiger partial charge in [-0.15, -0.1) is 0 Å². The second-order valence-corrected chi connectivity index (χ2v) is 0. The number of hydrogen-bond acceptors (Lipinski definition) is 2. The second kappa shape index (κ2) is 2170. The normalized spacial score (nSPS) is 2.40. The Morgan fingerprint density at radius 1 is 0.800 bits per heavy atom. The third kappa shape index (κ3) is 1010. The molecule has 0 aromatic heterocycles. The molecule has 0 heterocycles. The van der Waals surface area contributed by atoms with Crippen LogP contribution in [0.25, 0.3) is 0 Å². The van der Waals surface area contributed by atoms with E-state index in [0.29, 0.717) is 0 Å². The number of hydrogen-bond donors (Lipinski definition) is 2. The molecule has 0 saturated carbocycles. The van der Waals surface area contributed by atoms with Crippen LogP contribution in [0.2, 0.25) is 0 Å². The van der Waals surface area contributed by atoms with Crippen molar-refractivity contribution >= 4 is 11.0 Å². The minimum absolute atomic E-state index is 0. The SMILES string of the molecule is CO.CO.[SiH4]. The smallest absolute Gasteiger partial charge is 0.0319 e. The molecule has 0 bridgehead atoms. The van der Waals surface area contributed by atoms with Crippen LogP contribution in [0.4, 0.5) is 0 Å². The molecular weight excluding hydrogens is 84.1 g/mol. The van der Waals surface area contributed by atoms with E-state index in [9.17, 15) is 0 Å². The van der Waals surface area contributed by atoms with Crippen molar-refractivity contribution in [2.45, 2.75) is 0 Å². The lowest BCUT2D eigenvalue weighted by molar-refractivity contribution is 0.399. The van der Waals surface area contributed by atoms with Gasteiger partial charge in [0.2, 0.25) is 0 Å².